The molecule has 1 aliphatic heterocycles. The Balaban J connectivity index is 2.24. The van der Waals surface area contributed by atoms with E-state index >= 15 is 4.39 Å². The van der Waals surface area contributed by atoms with E-state index in [1.165, 1.54) is 4.90 Å². The topological polar surface area (TPSA) is 121 Å². The Morgan fingerprint density at radius 3 is 2.10 bits per heavy atom. The summed E-state index contributed by atoms with van der Waals surface area (Å²) in [5.41, 5.74) is -0.994. The lowest BCUT2D eigenvalue weighted by Gasteiger charge is -2.60. The number of aliphatic carboxylic acids is 1. The summed E-state index contributed by atoms with van der Waals surface area (Å²) in [6.45, 7) is 23.5. The number of aryl methyl sites for hydroxylation is 2. The smallest absolute Gasteiger partial charge is 0.407 e. The molecular weight excluding hydrogens is 537 g/mol. The maximum absolute atomic E-state index is 15.7. The number of carboxylic acid groups (broad SMARTS) is 2. The Hall–Kier alpha value is -3.17. The molecule has 0 bridgehead atoms. The van der Waals surface area contributed by atoms with Crippen molar-refractivity contribution in [2.75, 3.05) is 11.9 Å². The Morgan fingerprint density at radius 2 is 1.67 bits per heavy atom. The summed E-state index contributed by atoms with van der Waals surface area (Å²) in [5.74, 6) is -2.14. The lowest BCUT2D eigenvalue weighted by atomic mass is 9.48. The van der Waals surface area contributed by atoms with Gasteiger partial charge >= 0.3 is 12.1 Å². The fraction of sp³-hybridized carbons (Fsp3) is 0.688. The third-order valence-electron chi connectivity index (χ3n) is 8.86. The highest BCUT2D eigenvalue weighted by Gasteiger charge is 2.64. The van der Waals surface area contributed by atoms with Gasteiger partial charge in [0, 0.05) is 42.4 Å². The highest BCUT2D eigenvalue weighted by atomic mass is 19.1. The van der Waals surface area contributed by atoms with Crippen LogP contribution in [0.15, 0.2) is 12.1 Å². The van der Waals surface area contributed by atoms with Gasteiger partial charge in [-0.05, 0) is 69.4 Å². The van der Waals surface area contributed by atoms with Crippen LogP contribution >= 0.6 is 0 Å². The van der Waals surface area contributed by atoms with Gasteiger partial charge in [-0.1, -0.05) is 48.5 Å². The largest absolute Gasteiger partial charge is 0.481 e. The minimum absolute atomic E-state index is 0.000847. The Bertz CT molecular complexity index is 1330. The number of anilines is 2. The molecule has 2 unspecified atom stereocenters. The van der Waals surface area contributed by atoms with E-state index in [0.717, 1.165) is 5.69 Å². The lowest BCUT2D eigenvalue weighted by Crippen LogP contribution is -2.68. The predicted molar refractivity (Wildman–Crippen MR) is 163 cm³/mol. The predicted octanol–water partition coefficient (Wildman–Crippen LogP) is 7.11. The second kappa shape index (κ2) is 11.2. The van der Waals surface area contributed by atoms with E-state index in [9.17, 15) is 19.8 Å². The maximum atomic E-state index is 15.7. The van der Waals surface area contributed by atoms with Crippen molar-refractivity contribution < 1.29 is 24.2 Å². The van der Waals surface area contributed by atoms with Crippen LogP contribution in [0.4, 0.5) is 20.8 Å². The van der Waals surface area contributed by atoms with Crippen LogP contribution in [-0.2, 0) is 23.2 Å². The van der Waals surface area contributed by atoms with Crippen LogP contribution in [0.25, 0.3) is 0 Å². The molecule has 10 heteroatoms. The molecule has 2 aromatic rings. The normalized spacial score (nSPS) is 23.6. The summed E-state index contributed by atoms with van der Waals surface area (Å²) >= 11 is 0. The first-order chi connectivity index (χ1) is 19.0. The minimum atomic E-state index is -1.38. The van der Waals surface area contributed by atoms with Crippen molar-refractivity contribution in [2.45, 2.75) is 108 Å². The van der Waals surface area contributed by atoms with Gasteiger partial charge in [0.2, 0.25) is 0 Å². The van der Waals surface area contributed by atoms with Gasteiger partial charge < -0.3 is 20.4 Å². The number of nitrogens with zero attached hydrogens (tertiary/aromatic N) is 4. The van der Waals surface area contributed by atoms with Gasteiger partial charge in [-0.15, -0.1) is 0 Å². The van der Waals surface area contributed by atoms with Crippen molar-refractivity contribution in [1.82, 2.24) is 19.7 Å². The zero-order chi connectivity index (χ0) is 32.2. The second-order valence-corrected chi connectivity index (χ2v) is 15.1. The van der Waals surface area contributed by atoms with Gasteiger partial charge in [-0.3, -0.25) is 9.48 Å². The average molecular weight is 588 g/mol. The average Bonchev–Trinajstić information content (AvgIpc) is 3.19. The number of carbonyl (C=O) groups is 2. The zero-order valence-corrected chi connectivity index (χ0v) is 27.4. The number of pyridine rings is 1. The van der Waals surface area contributed by atoms with Crippen molar-refractivity contribution in [3.8, 4) is 0 Å². The number of rotatable bonds is 6. The molecule has 0 aliphatic carbocycles. The standard InChI is InChI=1S/C32H50FN5O4/c1-13-20-15-21(34-26(24(20)33)35-23-14-18(2)38(36-23)31(10,11)12)16-32(27(39)40)22(29(4,5)6)17-37(28(41)42)19(3)25(32)30(7,8)9/h14-15,19,22,25H,13,16-17H2,1-12H3,(H,39,40)(H,41,42)(H,34,35,36)/t19-,22?,25?,32-/m1/s1. The summed E-state index contributed by atoms with van der Waals surface area (Å²) in [7, 11) is 0. The van der Waals surface area contributed by atoms with Gasteiger partial charge in [0.15, 0.2) is 17.5 Å². The van der Waals surface area contributed by atoms with E-state index in [4.69, 9.17) is 0 Å². The lowest BCUT2D eigenvalue weighted by molar-refractivity contribution is -0.184. The van der Waals surface area contributed by atoms with Crippen LogP contribution in [0.5, 0.6) is 0 Å². The van der Waals surface area contributed by atoms with Crippen LogP contribution in [0.2, 0.25) is 0 Å². The molecule has 0 radical (unpaired) electrons. The third kappa shape index (κ3) is 6.13. The van der Waals surface area contributed by atoms with Crippen LogP contribution in [0, 0.1) is 40.8 Å². The number of amides is 1. The molecule has 3 N–H and O–H groups in total. The van der Waals surface area contributed by atoms with Gasteiger partial charge in [0.1, 0.15) is 0 Å². The molecule has 9 nitrogen and oxygen atoms in total. The van der Waals surface area contributed by atoms with E-state index in [1.54, 1.807) is 13.0 Å². The number of likely N-dealkylation sites (tertiary alicyclic amines) is 1. The number of piperidine rings is 1. The van der Waals surface area contributed by atoms with Gasteiger partial charge in [0.25, 0.3) is 0 Å². The maximum Gasteiger partial charge on any atom is 0.407 e. The van der Waals surface area contributed by atoms with E-state index in [0.29, 0.717) is 23.5 Å². The molecule has 0 spiro atoms. The Kier molecular flexibility index (Phi) is 8.85. The molecule has 1 fully saturated rings. The molecule has 1 amide bonds. The van der Waals surface area contributed by atoms with Gasteiger partial charge in [-0.25, -0.2) is 14.2 Å². The molecule has 42 heavy (non-hydrogen) atoms. The SMILES string of the molecule is CCc1cc(C[C@@]2(C(=O)O)C(C(C)(C)C)CN(C(=O)O)[C@H](C)C2C(C)(C)C)nc(Nc2cc(C)n(C(C)(C)C)n2)c1F. The third-order valence-corrected chi connectivity index (χ3v) is 8.86. The first-order valence-electron chi connectivity index (χ1n) is 14.8. The summed E-state index contributed by atoms with van der Waals surface area (Å²) < 4.78 is 17.6. The molecule has 3 heterocycles. The van der Waals surface area contributed by atoms with E-state index in [-0.39, 0.29) is 24.3 Å². The molecule has 234 valence electrons. The van der Waals surface area contributed by atoms with Crippen LogP contribution in [0.1, 0.15) is 93.1 Å². The second-order valence-electron chi connectivity index (χ2n) is 15.1. The van der Waals surface area contributed by atoms with Crippen molar-refractivity contribution in [2.24, 2.45) is 28.1 Å². The quantitative estimate of drug-likeness (QED) is 0.329. The van der Waals surface area contributed by atoms with Crippen LogP contribution in [0.3, 0.4) is 0 Å². The number of hydrogen-bond donors (Lipinski definition) is 3. The fourth-order valence-electron chi connectivity index (χ4n) is 7.45. The van der Waals surface area contributed by atoms with Gasteiger partial charge in [-0.2, -0.15) is 5.10 Å². The summed E-state index contributed by atoms with van der Waals surface area (Å²) in [5, 5.41) is 29.0. The van der Waals surface area contributed by atoms with Crippen molar-refractivity contribution >= 4 is 23.7 Å². The molecule has 1 saturated heterocycles. The number of aromatic nitrogens is 3. The molecular formula is C32H50FN5O4. The van der Waals surface area contributed by atoms with E-state index < -0.39 is 52.0 Å². The van der Waals surface area contributed by atoms with E-state index in [2.05, 4.69) is 15.4 Å². The molecule has 3 rings (SSSR count). The molecule has 2 aromatic heterocycles. The first-order valence-corrected chi connectivity index (χ1v) is 14.8. The highest BCUT2D eigenvalue weighted by molar-refractivity contribution is 5.78. The monoisotopic (exact) mass is 587 g/mol. The van der Waals surface area contributed by atoms with Crippen molar-refractivity contribution in [1.29, 1.82) is 0 Å². The molecule has 1 aliphatic rings. The van der Waals surface area contributed by atoms with Crippen molar-refractivity contribution in [3.05, 3.63) is 34.9 Å². The minimum Gasteiger partial charge on any atom is -0.481 e. The number of nitrogens with one attached hydrogen (secondary N) is 1. The van der Waals surface area contributed by atoms with Gasteiger partial charge in [0.05, 0.1) is 11.0 Å². The summed E-state index contributed by atoms with van der Waals surface area (Å²) in [4.78, 5) is 32.1. The van der Waals surface area contributed by atoms with E-state index in [1.807, 2.05) is 86.9 Å². The highest BCUT2D eigenvalue weighted by Crippen LogP contribution is 2.58. The Labute approximate surface area is 249 Å². The molecule has 4 atom stereocenters. The summed E-state index contributed by atoms with van der Waals surface area (Å²) in [6, 6.07) is 2.93. The zero-order valence-electron chi connectivity index (χ0n) is 27.4. The number of carboxylic acids is 1. The first kappa shape index (κ1) is 33.3. The van der Waals surface area contributed by atoms with Crippen LogP contribution < -0.4 is 5.32 Å². The number of halogens is 1. The number of hydrogen-bond acceptors (Lipinski definition) is 5. The van der Waals surface area contributed by atoms with Crippen LogP contribution in [-0.4, -0.2) is 54.5 Å². The van der Waals surface area contributed by atoms with Crippen molar-refractivity contribution in [3.63, 3.8) is 0 Å². The Morgan fingerprint density at radius 1 is 1.07 bits per heavy atom. The summed E-state index contributed by atoms with van der Waals surface area (Å²) in [6.07, 6.45) is -0.642. The molecule has 0 saturated carbocycles. The molecule has 0 aromatic carbocycles. The fourth-order valence-corrected chi connectivity index (χ4v) is 7.45.